The summed E-state index contributed by atoms with van der Waals surface area (Å²) in [5, 5.41) is 23.1. The predicted octanol–water partition coefficient (Wildman–Crippen LogP) is 1.52. The Bertz CT molecular complexity index is 437. The fourth-order valence-corrected chi connectivity index (χ4v) is 1.65. The zero-order chi connectivity index (χ0) is 14.1. The number of nitriles is 1. The molecule has 2 amide bonds. The standard InChI is InChI=1S/C14H19N3O2/c1-2-13(7-8-18)17-14(19)16-10-12-5-3-11(9-15)4-6-12/h3-6,13,18H,2,7-8,10H2,1H3,(H2,16,17,19). The Labute approximate surface area is 113 Å². The average molecular weight is 261 g/mol. The zero-order valence-corrected chi connectivity index (χ0v) is 11.0. The fraction of sp³-hybridized carbons (Fsp3) is 0.429. The molecule has 102 valence electrons. The van der Waals surface area contributed by atoms with Gasteiger partial charge in [-0.3, -0.25) is 0 Å². The summed E-state index contributed by atoms with van der Waals surface area (Å²) in [6.07, 6.45) is 1.34. The summed E-state index contributed by atoms with van der Waals surface area (Å²) in [6, 6.07) is 8.84. The lowest BCUT2D eigenvalue weighted by atomic mass is 10.1. The first-order chi connectivity index (χ1) is 9.19. The van der Waals surface area contributed by atoms with Gasteiger partial charge < -0.3 is 15.7 Å². The third kappa shape index (κ3) is 5.40. The molecule has 19 heavy (non-hydrogen) atoms. The Balaban J connectivity index is 2.38. The van der Waals surface area contributed by atoms with Gasteiger partial charge in [0.05, 0.1) is 11.6 Å². The van der Waals surface area contributed by atoms with Gasteiger partial charge in [0.15, 0.2) is 0 Å². The van der Waals surface area contributed by atoms with E-state index < -0.39 is 0 Å². The summed E-state index contributed by atoms with van der Waals surface area (Å²) in [6.45, 7) is 2.43. The molecule has 0 aliphatic carbocycles. The number of urea groups is 1. The second-order valence-corrected chi connectivity index (χ2v) is 4.25. The maximum atomic E-state index is 11.6. The van der Waals surface area contributed by atoms with Crippen molar-refractivity contribution < 1.29 is 9.90 Å². The quantitative estimate of drug-likeness (QED) is 0.725. The van der Waals surface area contributed by atoms with Gasteiger partial charge in [-0.2, -0.15) is 5.26 Å². The van der Waals surface area contributed by atoms with E-state index in [9.17, 15) is 4.79 Å². The number of nitrogens with zero attached hydrogens (tertiary/aromatic N) is 1. The number of amides is 2. The Morgan fingerprint density at radius 3 is 2.63 bits per heavy atom. The van der Waals surface area contributed by atoms with Crippen LogP contribution < -0.4 is 10.6 Å². The van der Waals surface area contributed by atoms with Crippen molar-refractivity contribution in [3.8, 4) is 6.07 Å². The molecule has 1 atom stereocenters. The van der Waals surface area contributed by atoms with Gasteiger partial charge in [-0.1, -0.05) is 19.1 Å². The van der Waals surface area contributed by atoms with Gasteiger partial charge in [0.2, 0.25) is 0 Å². The molecule has 0 radical (unpaired) electrons. The largest absolute Gasteiger partial charge is 0.396 e. The summed E-state index contributed by atoms with van der Waals surface area (Å²) >= 11 is 0. The molecular weight excluding hydrogens is 242 g/mol. The lowest BCUT2D eigenvalue weighted by molar-refractivity contribution is 0.227. The van der Waals surface area contributed by atoms with Crippen LogP contribution in [-0.4, -0.2) is 23.8 Å². The molecule has 0 aliphatic rings. The van der Waals surface area contributed by atoms with Crippen LogP contribution in [0.5, 0.6) is 0 Å². The third-order valence-corrected chi connectivity index (χ3v) is 2.84. The SMILES string of the molecule is CCC(CCO)NC(=O)NCc1ccc(C#N)cc1. The van der Waals surface area contributed by atoms with Crippen LogP contribution in [0.2, 0.25) is 0 Å². The minimum absolute atomic E-state index is 0.00837. The highest BCUT2D eigenvalue weighted by Gasteiger charge is 2.08. The van der Waals surface area contributed by atoms with E-state index in [1.807, 2.05) is 25.1 Å². The maximum absolute atomic E-state index is 11.6. The molecule has 0 heterocycles. The summed E-state index contributed by atoms with van der Waals surface area (Å²) in [5.74, 6) is 0. The van der Waals surface area contributed by atoms with Crippen molar-refractivity contribution in [3.63, 3.8) is 0 Å². The van der Waals surface area contributed by atoms with Crippen LogP contribution in [0, 0.1) is 11.3 Å². The van der Waals surface area contributed by atoms with Crippen molar-refractivity contribution in [1.82, 2.24) is 10.6 Å². The average Bonchev–Trinajstić information content (AvgIpc) is 2.45. The monoisotopic (exact) mass is 261 g/mol. The van der Waals surface area contributed by atoms with Crippen molar-refractivity contribution in [2.24, 2.45) is 0 Å². The van der Waals surface area contributed by atoms with Gasteiger partial charge in [-0.05, 0) is 30.5 Å². The number of rotatable bonds is 6. The molecule has 0 bridgehead atoms. The van der Waals surface area contributed by atoms with E-state index in [0.29, 0.717) is 18.5 Å². The minimum atomic E-state index is -0.246. The highest BCUT2D eigenvalue weighted by atomic mass is 16.3. The number of nitrogens with one attached hydrogen (secondary N) is 2. The summed E-state index contributed by atoms with van der Waals surface area (Å²) in [5.41, 5.74) is 1.53. The van der Waals surface area contributed by atoms with Crippen LogP contribution in [0.4, 0.5) is 4.79 Å². The van der Waals surface area contributed by atoms with Crippen molar-refractivity contribution in [3.05, 3.63) is 35.4 Å². The number of carbonyl (C=O) groups is 1. The molecule has 0 aliphatic heterocycles. The highest BCUT2D eigenvalue weighted by molar-refractivity contribution is 5.74. The summed E-state index contributed by atoms with van der Waals surface area (Å²) in [7, 11) is 0. The van der Waals surface area contributed by atoms with Gasteiger partial charge >= 0.3 is 6.03 Å². The molecule has 1 aromatic carbocycles. The molecule has 0 saturated carbocycles. The number of carbonyl (C=O) groups excluding carboxylic acids is 1. The number of hydrogen-bond acceptors (Lipinski definition) is 3. The van der Waals surface area contributed by atoms with Crippen LogP contribution in [-0.2, 0) is 6.54 Å². The molecule has 0 aromatic heterocycles. The first-order valence-electron chi connectivity index (χ1n) is 6.33. The van der Waals surface area contributed by atoms with Crippen LogP contribution in [0.3, 0.4) is 0 Å². The Hall–Kier alpha value is -2.06. The summed E-state index contributed by atoms with van der Waals surface area (Å²) in [4.78, 5) is 11.6. The second kappa shape index (κ2) is 8.11. The highest BCUT2D eigenvalue weighted by Crippen LogP contribution is 2.03. The number of hydrogen-bond donors (Lipinski definition) is 3. The molecule has 0 spiro atoms. The van der Waals surface area contributed by atoms with Gasteiger partial charge in [-0.25, -0.2) is 4.79 Å². The molecule has 1 aromatic rings. The van der Waals surface area contributed by atoms with Crippen molar-refractivity contribution in [1.29, 1.82) is 5.26 Å². The third-order valence-electron chi connectivity index (χ3n) is 2.84. The van der Waals surface area contributed by atoms with E-state index in [0.717, 1.165) is 12.0 Å². The molecule has 0 fully saturated rings. The number of aliphatic hydroxyl groups excluding tert-OH is 1. The minimum Gasteiger partial charge on any atom is -0.396 e. The molecule has 0 saturated heterocycles. The topological polar surface area (TPSA) is 85.2 Å². The predicted molar refractivity (Wildman–Crippen MR) is 72.3 cm³/mol. The van der Waals surface area contributed by atoms with E-state index in [-0.39, 0.29) is 18.7 Å². The Morgan fingerprint density at radius 1 is 1.42 bits per heavy atom. The second-order valence-electron chi connectivity index (χ2n) is 4.25. The molecular formula is C14H19N3O2. The van der Waals surface area contributed by atoms with E-state index in [1.54, 1.807) is 12.1 Å². The number of benzene rings is 1. The first-order valence-corrected chi connectivity index (χ1v) is 6.33. The molecule has 1 unspecified atom stereocenters. The van der Waals surface area contributed by atoms with Gasteiger partial charge in [0, 0.05) is 19.2 Å². The number of aliphatic hydroxyl groups is 1. The van der Waals surface area contributed by atoms with Crippen LogP contribution in [0.1, 0.15) is 30.9 Å². The van der Waals surface area contributed by atoms with Crippen LogP contribution in [0.15, 0.2) is 24.3 Å². The van der Waals surface area contributed by atoms with Gasteiger partial charge in [0.25, 0.3) is 0 Å². The molecule has 3 N–H and O–H groups in total. The van der Waals surface area contributed by atoms with Crippen molar-refractivity contribution >= 4 is 6.03 Å². The zero-order valence-electron chi connectivity index (χ0n) is 11.0. The Kier molecular flexibility index (Phi) is 6.41. The van der Waals surface area contributed by atoms with Crippen molar-refractivity contribution in [2.45, 2.75) is 32.4 Å². The van der Waals surface area contributed by atoms with Crippen LogP contribution in [0.25, 0.3) is 0 Å². The van der Waals surface area contributed by atoms with E-state index in [2.05, 4.69) is 10.6 Å². The van der Waals surface area contributed by atoms with Crippen LogP contribution >= 0.6 is 0 Å². The normalized spacial score (nSPS) is 11.4. The van der Waals surface area contributed by atoms with E-state index in [4.69, 9.17) is 10.4 Å². The molecule has 5 heteroatoms. The molecule has 1 rings (SSSR count). The summed E-state index contributed by atoms with van der Waals surface area (Å²) < 4.78 is 0. The Morgan fingerprint density at radius 2 is 2.11 bits per heavy atom. The maximum Gasteiger partial charge on any atom is 0.315 e. The lowest BCUT2D eigenvalue weighted by Crippen LogP contribution is -2.41. The van der Waals surface area contributed by atoms with E-state index in [1.165, 1.54) is 0 Å². The van der Waals surface area contributed by atoms with E-state index >= 15 is 0 Å². The van der Waals surface area contributed by atoms with Crippen molar-refractivity contribution in [2.75, 3.05) is 6.61 Å². The fourth-order valence-electron chi connectivity index (χ4n) is 1.65. The van der Waals surface area contributed by atoms with Gasteiger partial charge in [-0.15, -0.1) is 0 Å². The lowest BCUT2D eigenvalue weighted by Gasteiger charge is -2.16. The van der Waals surface area contributed by atoms with Gasteiger partial charge in [0.1, 0.15) is 0 Å². The smallest absolute Gasteiger partial charge is 0.315 e. The molecule has 5 nitrogen and oxygen atoms in total. The first kappa shape index (κ1) is 15.0.